The van der Waals surface area contributed by atoms with Crippen molar-refractivity contribution in [2.75, 3.05) is 7.11 Å². The van der Waals surface area contributed by atoms with E-state index in [1.807, 2.05) is 25.1 Å². The Morgan fingerprint density at radius 3 is 2.55 bits per heavy atom. The Balaban J connectivity index is 2.00. The molecular weight excluding hydrogens is 276 g/mol. The zero-order valence-corrected chi connectivity index (χ0v) is 12.7. The summed E-state index contributed by atoms with van der Waals surface area (Å²) in [7, 11) is 1.53. The average molecular weight is 292 g/mol. The number of ether oxygens (including phenoxy) is 1. The van der Waals surface area contributed by atoms with Crippen LogP contribution in [-0.4, -0.2) is 27.8 Å². The first-order valence-corrected chi connectivity index (χ1v) is 6.97. The summed E-state index contributed by atoms with van der Waals surface area (Å²) in [5.41, 5.74) is 1.88. The highest BCUT2D eigenvalue weighted by atomic mass is 16.5. The monoisotopic (exact) mass is 292 g/mol. The van der Waals surface area contributed by atoms with Crippen LogP contribution in [0.1, 0.15) is 18.3 Å². The maximum Gasteiger partial charge on any atom is 0.321 e. The minimum absolute atomic E-state index is 0.276. The second kappa shape index (κ2) is 5.89. The molecule has 5 nitrogen and oxygen atoms in total. The molecular formula is C17H16N4O. The molecule has 2 aromatic carbocycles. The standard InChI is InChI=1S/C17H16N4O/c1-11(18-16-19-12(2)20-17(21-16)22-3)14-9-8-13-6-4-5-7-15(13)10-14/h4-10H,1-3H3/b18-11+. The van der Waals surface area contributed by atoms with Gasteiger partial charge in [0.2, 0.25) is 0 Å². The Kier molecular flexibility index (Phi) is 3.78. The lowest BCUT2D eigenvalue weighted by Crippen LogP contribution is -1.99. The van der Waals surface area contributed by atoms with Crippen LogP contribution in [0.3, 0.4) is 0 Å². The van der Waals surface area contributed by atoms with Crippen LogP contribution < -0.4 is 4.74 Å². The van der Waals surface area contributed by atoms with Gasteiger partial charge < -0.3 is 4.74 Å². The Hall–Kier alpha value is -2.82. The number of benzene rings is 2. The number of hydrogen-bond donors (Lipinski definition) is 0. The summed E-state index contributed by atoms with van der Waals surface area (Å²) in [6.07, 6.45) is 0. The van der Waals surface area contributed by atoms with E-state index in [9.17, 15) is 0 Å². The van der Waals surface area contributed by atoms with Crippen LogP contribution in [0.15, 0.2) is 47.5 Å². The summed E-state index contributed by atoms with van der Waals surface area (Å²) in [5.74, 6) is 0.937. The second-order valence-corrected chi connectivity index (χ2v) is 4.93. The van der Waals surface area contributed by atoms with Gasteiger partial charge in [0.05, 0.1) is 7.11 Å². The lowest BCUT2D eigenvalue weighted by Gasteiger charge is -2.04. The first kappa shape index (κ1) is 14.1. The van der Waals surface area contributed by atoms with E-state index in [2.05, 4.69) is 44.2 Å². The summed E-state index contributed by atoms with van der Waals surface area (Å²) < 4.78 is 5.05. The third kappa shape index (κ3) is 2.93. The first-order chi connectivity index (χ1) is 10.7. The van der Waals surface area contributed by atoms with E-state index in [1.165, 1.54) is 17.9 Å². The average Bonchev–Trinajstić information content (AvgIpc) is 2.53. The van der Waals surface area contributed by atoms with Crippen molar-refractivity contribution in [1.82, 2.24) is 15.0 Å². The van der Waals surface area contributed by atoms with Gasteiger partial charge in [-0.3, -0.25) is 0 Å². The van der Waals surface area contributed by atoms with Gasteiger partial charge in [-0.2, -0.15) is 15.0 Å². The molecule has 22 heavy (non-hydrogen) atoms. The van der Waals surface area contributed by atoms with E-state index < -0.39 is 0 Å². The van der Waals surface area contributed by atoms with E-state index >= 15 is 0 Å². The topological polar surface area (TPSA) is 60.3 Å². The number of methoxy groups -OCH3 is 1. The van der Waals surface area contributed by atoms with Gasteiger partial charge in [-0.1, -0.05) is 36.4 Å². The molecule has 0 saturated carbocycles. The fraction of sp³-hybridized carbons (Fsp3) is 0.176. The van der Waals surface area contributed by atoms with E-state index in [1.54, 1.807) is 6.92 Å². The van der Waals surface area contributed by atoms with Gasteiger partial charge in [0.25, 0.3) is 5.95 Å². The normalized spacial score (nSPS) is 11.7. The zero-order valence-electron chi connectivity index (χ0n) is 12.7. The van der Waals surface area contributed by atoms with E-state index in [4.69, 9.17) is 4.74 Å². The minimum Gasteiger partial charge on any atom is -0.467 e. The summed E-state index contributed by atoms with van der Waals surface area (Å²) >= 11 is 0. The quantitative estimate of drug-likeness (QED) is 0.693. The van der Waals surface area contributed by atoms with Crippen LogP contribution in [0, 0.1) is 6.92 Å². The number of aliphatic imine (C=N–C) groups is 1. The summed E-state index contributed by atoms with van der Waals surface area (Å²) in [4.78, 5) is 16.9. The molecule has 0 saturated heterocycles. The van der Waals surface area contributed by atoms with Crippen molar-refractivity contribution < 1.29 is 4.74 Å². The smallest absolute Gasteiger partial charge is 0.321 e. The van der Waals surface area contributed by atoms with Crippen LogP contribution in [0.2, 0.25) is 0 Å². The number of aryl methyl sites for hydroxylation is 1. The summed E-state index contributed by atoms with van der Waals surface area (Å²) in [6.45, 7) is 3.73. The van der Waals surface area contributed by atoms with Gasteiger partial charge in [0.15, 0.2) is 0 Å². The molecule has 0 unspecified atom stereocenters. The molecule has 1 aromatic heterocycles. The molecule has 0 N–H and O–H groups in total. The Morgan fingerprint density at radius 2 is 1.77 bits per heavy atom. The molecule has 0 amide bonds. The third-order valence-corrected chi connectivity index (χ3v) is 3.33. The molecule has 0 spiro atoms. The van der Waals surface area contributed by atoms with Crippen LogP contribution in [-0.2, 0) is 0 Å². The van der Waals surface area contributed by atoms with Gasteiger partial charge in [0, 0.05) is 5.71 Å². The molecule has 110 valence electrons. The van der Waals surface area contributed by atoms with Crippen molar-refractivity contribution in [3.8, 4) is 6.01 Å². The molecule has 0 bridgehead atoms. The van der Waals surface area contributed by atoms with E-state index in [0.29, 0.717) is 11.8 Å². The molecule has 0 radical (unpaired) electrons. The SMILES string of the molecule is COc1nc(C)nc(/N=C(\C)c2ccc3ccccc3c2)n1. The number of nitrogens with zero attached hydrogens (tertiary/aromatic N) is 4. The Morgan fingerprint density at radius 1 is 1.00 bits per heavy atom. The van der Waals surface area contributed by atoms with Gasteiger partial charge in [0.1, 0.15) is 5.82 Å². The van der Waals surface area contributed by atoms with Crippen molar-refractivity contribution in [3.63, 3.8) is 0 Å². The van der Waals surface area contributed by atoms with Gasteiger partial charge >= 0.3 is 6.01 Å². The number of fused-ring (bicyclic) bond motifs is 1. The molecule has 0 aliphatic heterocycles. The molecule has 0 fully saturated rings. The van der Waals surface area contributed by atoms with Gasteiger partial charge in [-0.05, 0) is 36.2 Å². The fourth-order valence-corrected chi connectivity index (χ4v) is 2.21. The summed E-state index contributed by atoms with van der Waals surface area (Å²) in [5, 5.41) is 2.38. The number of rotatable bonds is 3. The predicted molar refractivity (Wildman–Crippen MR) is 86.9 cm³/mol. The maximum atomic E-state index is 5.05. The Labute approximate surface area is 128 Å². The largest absolute Gasteiger partial charge is 0.467 e. The van der Waals surface area contributed by atoms with Gasteiger partial charge in [-0.15, -0.1) is 0 Å². The highest BCUT2D eigenvalue weighted by Crippen LogP contribution is 2.18. The third-order valence-electron chi connectivity index (χ3n) is 3.33. The van der Waals surface area contributed by atoms with Crippen LogP contribution >= 0.6 is 0 Å². The highest BCUT2D eigenvalue weighted by molar-refractivity contribution is 6.02. The van der Waals surface area contributed by atoms with Gasteiger partial charge in [-0.25, -0.2) is 4.99 Å². The molecule has 0 aliphatic rings. The molecule has 5 heteroatoms. The predicted octanol–water partition coefficient (Wildman–Crippen LogP) is 3.48. The van der Waals surface area contributed by atoms with E-state index in [0.717, 1.165) is 11.3 Å². The highest BCUT2D eigenvalue weighted by Gasteiger charge is 2.05. The fourth-order valence-electron chi connectivity index (χ4n) is 2.21. The minimum atomic E-state index is 0.276. The van der Waals surface area contributed by atoms with Crippen LogP contribution in [0.4, 0.5) is 5.95 Å². The van der Waals surface area contributed by atoms with Crippen molar-refractivity contribution in [2.24, 2.45) is 4.99 Å². The lowest BCUT2D eigenvalue weighted by atomic mass is 10.0. The van der Waals surface area contributed by atoms with Crippen molar-refractivity contribution in [2.45, 2.75) is 13.8 Å². The zero-order chi connectivity index (χ0) is 15.5. The second-order valence-electron chi connectivity index (χ2n) is 4.93. The van der Waals surface area contributed by atoms with Crippen molar-refractivity contribution in [3.05, 3.63) is 53.9 Å². The number of aromatic nitrogens is 3. The van der Waals surface area contributed by atoms with E-state index in [-0.39, 0.29) is 6.01 Å². The molecule has 1 heterocycles. The molecule has 3 aromatic rings. The van der Waals surface area contributed by atoms with Crippen molar-refractivity contribution in [1.29, 1.82) is 0 Å². The molecule has 0 atom stereocenters. The Bertz CT molecular complexity index is 858. The summed E-state index contributed by atoms with van der Waals surface area (Å²) in [6, 6.07) is 14.8. The van der Waals surface area contributed by atoms with Crippen molar-refractivity contribution >= 4 is 22.4 Å². The molecule has 3 rings (SSSR count). The maximum absolute atomic E-state index is 5.05. The number of hydrogen-bond acceptors (Lipinski definition) is 5. The lowest BCUT2D eigenvalue weighted by molar-refractivity contribution is 0.377. The van der Waals surface area contributed by atoms with Crippen LogP contribution in [0.5, 0.6) is 6.01 Å². The van der Waals surface area contributed by atoms with Crippen LogP contribution in [0.25, 0.3) is 10.8 Å². The first-order valence-electron chi connectivity index (χ1n) is 6.97. The molecule has 0 aliphatic carbocycles.